The first-order chi connectivity index (χ1) is 8.99. The van der Waals surface area contributed by atoms with Crippen molar-refractivity contribution in [2.75, 3.05) is 25.0 Å². The largest absolute Gasteiger partial charge is 0.395 e. The maximum atomic E-state index is 11.8. The van der Waals surface area contributed by atoms with Crippen LogP contribution in [0.4, 0.5) is 5.69 Å². The number of carbonyl (C=O) groups excluding carboxylic acids is 2. The minimum absolute atomic E-state index is 0.115. The summed E-state index contributed by atoms with van der Waals surface area (Å²) in [6.07, 6.45) is 0. The molecule has 19 heavy (non-hydrogen) atoms. The van der Waals surface area contributed by atoms with E-state index in [9.17, 15) is 9.59 Å². The number of aliphatic hydroxyl groups is 1. The van der Waals surface area contributed by atoms with Crippen molar-refractivity contribution < 1.29 is 14.7 Å². The molecule has 0 saturated carbocycles. The van der Waals surface area contributed by atoms with Gasteiger partial charge in [-0.1, -0.05) is 23.2 Å². The predicted molar refractivity (Wildman–Crippen MR) is 74.4 cm³/mol. The van der Waals surface area contributed by atoms with E-state index in [1.807, 2.05) is 0 Å². The van der Waals surface area contributed by atoms with Gasteiger partial charge in [-0.3, -0.25) is 9.59 Å². The van der Waals surface area contributed by atoms with Crippen LogP contribution in [0.15, 0.2) is 18.2 Å². The Kier molecular flexibility index (Phi) is 6.08. The van der Waals surface area contributed by atoms with Crippen LogP contribution < -0.4 is 5.32 Å². The fourth-order valence-electron chi connectivity index (χ4n) is 1.43. The number of likely N-dealkylation sites (N-methyl/N-ethyl adjacent to an activating group) is 1. The topological polar surface area (TPSA) is 69.6 Å². The summed E-state index contributed by atoms with van der Waals surface area (Å²) in [4.78, 5) is 24.7. The Hall–Kier alpha value is -1.30. The second-order valence-corrected chi connectivity index (χ2v) is 4.51. The highest BCUT2D eigenvalue weighted by atomic mass is 35.5. The van der Waals surface area contributed by atoms with Crippen molar-refractivity contribution in [3.8, 4) is 0 Å². The number of nitrogens with zero attached hydrogens (tertiary/aromatic N) is 1. The smallest absolute Gasteiger partial charge is 0.313 e. The highest BCUT2D eigenvalue weighted by molar-refractivity contribution is 6.42. The molecule has 0 heterocycles. The van der Waals surface area contributed by atoms with E-state index in [1.165, 1.54) is 17.0 Å². The van der Waals surface area contributed by atoms with E-state index in [2.05, 4.69) is 5.32 Å². The Morgan fingerprint density at radius 1 is 1.32 bits per heavy atom. The Balaban J connectivity index is 2.73. The molecule has 7 heteroatoms. The van der Waals surface area contributed by atoms with Gasteiger partial charge in [-0.05, 0) is 25.1 Å². The Labute approximate surface area is 121 Å². The number of rotatable bonds is 4. The van der Waals surface area contributed by atoms with Gasteiger partial charge in [0, 0.05) is 18.8 Å². The fourth-order valence-corrected chi connectivity index (χ4v) is 1.72. The van der Waals surface area contributed by atoms with E-state index in [-0.39, 0.29) is 18.2 Å². The first kappa shape index (κ1) is 15.8. The lowest BCUT2D eigenvalue weighted by Gasteiger charge is -2.18. The normalized spacial score (nSPS) is 10.1. The van der Waals surface area contributed by atoms with E-state index in [4.69, 9.17) is 28.3 Å². The van der Waals surface area contributed by atoms with Crippen LogP contribution in [-0.2, 0) is 9.59 Å². The van der Waals surface area contributed by atoms with E-state index in [0.717, 1.165) is 0 Å². The second-order valence-electron chi connectivity index (χ2n) is 3.69. The molecule has 2 amide bonds. The molecule has 0 spiro atoms. The average molecular weight is 305 g/mol. The van der Waals surface area contributed by atoms with Gasteiger partial charge in [-0.2, -0.15) is 0 Å². The molecule has 0 bridgehead atoms. The van der Waals surface area contributed by atoms with Gasteiger partial charge in [0.2, 0.25) is 0 Å². The van der Waals surface area contributed by atoms with Gasteiger partial charge >= 0.3 is 11.8 Å². The molecule has 0 aromatic heterocycles. The lowest BCUT2D eigenvalue weighted by atomic mass is 10.3. The van der Waals surface area contributed by atoms with Gasteiger partial charge in [0.15, 0.2) is 0 Å². The van der Waals surface area contributed by atoms with Gasteiger partial charge in [-0.25, -0.2) is 0 Å². The lowest BCUT2D eigenvalue weighted by Crippen LogP contribution is -2.41. The summed E-state index contributed by atoms with van der Waals surface area (Å²) >= 11 is 11.6. The zero-order chi connectivity index (χ0) is 14.4. The van der Waals surface area contributed by atoms with Gasteiger partial charge in [0.1, 0.15) is 0 Å². The first-order valence-electron chi connectivity index (χ1n) is 5.65. The van der Waals surface area contributed by atoms with E-state index in [0.29, 0.717) is 17.3 Å². The van der Waals surface area contributed by atoms with Crippen LogP contribution in [0.25, 0.3) is 0 Å². The van der Waals surface area contributed by atoms with Crippen molar-refractivity contribution in [3.05, 3.63) is 28.2 Å². The summed E-state index contributed by atoms with van der Waals surface area (Å²) in [5.41, 5.74) is 0.382. The summed E-state index contributed by atoms with van der Waals surface area (Å²) in [5.74, 6) is -1.49. The van der Waals surface area contributed by atoms with Crippen molar-refractivity contribution in [3.63, 3.8) is 0 Å². The molecule has 1 aromatic carbocycles. The monoisotopic (exact) mass is 304 g/mol. The van der Waals surface area contributed by atoms with Crippen LogP contribution in [0.5, 0.6) is 0 Å². The number of aliphatic hydroxyl groups excluding tert-OH is 1. The van der Waals surface area contributed by atoms with Crippen LogP contribution in [0.1, 0.15) is 6.92 Å². The Bertz CT molecular complexity index is 480. The molecule has 104 valence electrons. The number of hydrogen-bond acceptors (Lipinski definition) is 3. The number of halogens is 2. The molecule has 0 fully saturated rings. The van der Waals surface area contributed by atoms with Crippen LogP contribution in [0, 0.1) is 0 Å². The standard InChI is InChI=1S/C12H14Cl2N2O3/c1-2-16(5-6-17)12(19)11(18)15-8-3-4-9(13)10(14)7-8/h3-4,7,17H,2,5-6H2,1H3,(H,15,18). The molecule has 0 aliphatic heterocycles. The number of carbonyl (C=O) groups is 2. The molecule has 1 aromatic rings. The minimum Gasteiger partial charge on any atom is -0.395 e. The fraction of sp³-hybridized carbons (Fsp3) is 0.333. The van der Waals surface area contributed by atoms with E-state index < -0.39 is 11.8 Å². The summed E-state index contributed by atoms with van der Waals surface area (Å²) in [6, 6.07) is 4.52. The molecular weight excluding hydrogens is 291 g/mol. The molecule has 5 nitrogen and oxygen atoms in total. The molecule has 0 saturated heterocycles. The maximum Gasteiger partial charge on any atom is 0.313 e. The molecule has 0 unspecified atom stereocenters. The lowest BCUT2D eigenvalue weighted by molar-refractivity contribution is -0.143. The van der Waals surface area contributed by atoms with E-state index in [1.54, 1.807) is 13.0 Å². The van der Waals surface area contributed by atoms with Crippen LogP contribution in [0.3, 0.4) is 0 Å². The van der Waals surface area contributed by atoms with Crippen molar-refractivity contribution in [1.82, 2.24) is 4.90 Å². The summed E-state index contributed by atoms with van der Waals surface area (Å²) < 4.78 is 0. The van der Waals surface area contributed by atoms with Gasteiger partial charge in [0.05, 0.1) is 16.7 Å². The highest BCUT2D eigenvalue weighted by Crippen LogP contribution is 2.24. The predicted octanol–water partition coefficient (Wildman–Crippen LogP) is 1.77. The molecule has 0 radical (unpaired) electrons. The number of hydrogen-bond donors (Lipinski definition) is 2. The quantitative estimate of drug-likeness (QED) is 0.833. The van der Waals surface area contributed by atoms with E-state index >= 15 is 0 Å². The first-order valence-corrected chi connectivity index (χ1v) is 6.41. The molecule has 2 N–H and O–H groups in total. The van der Waals surface area contributed by atoms with Gasteiger partial charge in [0.25, 0.3) is 0 Å². The van der Waals surface area contributed by atoms with Gasteiger partial charge < -0.3 is 15.3 Å². The Morgan fingerprint density at radius 2 is 2.00 bits per heavy atom. The van der Waals surface area contributed by atoms with Gasteiger partial charge in [-0.15, -0.1) is 0 Å². The number of amides is 2. The molecule has 0 aliphatic rings. The third-order valence-electron chi connectivity index (χ3n) is 2.41. The third kappa shape index (κ3) is 4.38. The maximum absolute atomic E-state index is 11.8. The van der Waals surface area contributed by atoms with Crippen LogP contribution in [0.2, 0.25) is 10.0 Å². The van der Waals surface area contributed by atoms with Crippen molar-refractivity contribution in [2.45, 2.75) is 6.92 Å². The number of benzene rings is 1. The van der Waals surface area contributed by atoms with Crippen LogP contribution >= 0.6 is 23.2 Å². The van der Waals surface area contributed by atoms with Crippen molar-refractivity contribution in [2.24, 2.45) is 0 Å². The van der Waals surface area contributed by atoms with Crippen molar-refractivity contribution in [1.29, 1.82) is 0 Å². The number of nitrogens with one attached hydrogen (secondary N) is 1. The molecule has 1 rings (SSSR count). The second kappa shape index (κ2) is 7.33. The highest BCUT2D eigenvalue weighted by Gasteiger charge is 2.20. The summed E-state index contributed by atoms with van der Waals surface area (Å²) in [6.45, 7) is 1.98. The average Bonchev–Trinajstić information content (AvgIpc) is 2.39. The SMILES string of the molecule is CCN(CCO)C(=O)C(=O)Nc1ccc(Cl)c(Cl)c1. The summed E-state index contributed by atoms with van der Waals surface area (Å²) in [7, 11) is 0. The van der Waals surface area contributed by atoms with Crippen molar-refractivity contribution >= 4 is 40.7 Å². The minimum atomic E-state index is -0.784. The number of anilines is 1. The molecular formula is C12H14Cl2N2O3. The zero-order valence-electron chi connectivity index (χ0n) is 10.3. The molecule has 0 aliphatic carbocycles. The molecule has 0 atom stereocenters. The third-order valence-corrected chi connectivity index (χ3v) is 3.15. The summed E-state index contributed by atoms with van der Waals surface area (Å²) in [5, 5.41) is 11.9. The zero-order valence-corrected chi connectivity index (χ0v) is 11.8. The van der Waals surface area contributed by atoms with Crippen LogP contribution in [-0.4, -0.2) is 41.5 Å². The Morgan fingerprint density at radius 3 is 2.53 bits per heavy atom.